The number of benzene rings is 1. The van der Waals surface area contributed by atoms with Crippen molar-refractivity contribution in [3.05, 3.63) is 61.3 Å². The van der Waals surface area contributed by atoms with Crippen LogP contribution in [0.5, 0.6) is 0 Å². The van der Waals surface area contributed by atoms with E-state index < -0.39 is 31.9 Å². The zero-order valence-corrected chi connectivity index (χ0v) is 18.6. The Labute approximate surface area is 190 Å². The van der Waals surface area contributed by atoms with Crippen molar-refractivity contribution in [2.45, 2.75) is 6.42 Å². The Balaban J connectivity index is 1.76. The van der Waals surface area contributed by atoms with Gasteiger partial charge in [0.2, 0.25) is 15.9 Å². The number of fused-ring (bicyclic) bond motifs is 1. The quantitative estimate of drug-likeness (QED) is 0.310. The fraction of sp³-hybridized carbons (Fsp3) is 0.333. The van der Waals surface area contributed by atoms with Crippen molar-refractivity contribution in [3.8, 4) is 5.69 Å². The van der Waals surface area contributed by atoms with Gasteiger partial charge in [0.1, 0.15) is 5.69 Å². The number of nitrogens with zero attached hydrogens (tertiary/aromatic N) is 5. The first-order valence-electron chi connectivity index (χ1n) is 9.87. The Hall–Kier alpha value is -4.05. The first-order valence-corrected chi connectivity index (χ1v) is 11.8. The first-order chi connectivity index (χ1) is 16.0. The third kappa shape index (κ3) is 4.67. The molecule has 0 spiro atoms. The molecular weight excluding hydrogens is 474 g/mol. The Bertz CT molecular complexity index is 1520. The van der Waals surface area contributed by atoms with Gasteiger partial charge in [-0.05, 0) is 6.07 Å². The molecule has 1 aromatic carbocycles. The molecule has 0 unspecified atom stereocenters. The number of carbonyl (C=O) groups is 1. The van der Waals surface area contributed by atoms with Gasteiger partial charge >= 0.3 is 5.69 Å². The molecule has 1 aliphatic rings. The molecule has 15 nitrogen and oxygen atoms in total. The van der Waals surface area contributed by atoms with E-state index in [9.17, 15) is 32.9 Å². The van der Waals surface area contributed by atoms with Gasteiger partial charge in [-0.15, -0.1) is 0 Å². The zero-order chi connectivity index (χ0) is 24.6. The number of sulfonamides is 1. The largest absolute Gasteiger partial charge is 0.378 e. The molecule has 3 heterocycles. The number of amides is 1. The standard InChI is InChI=1S/C18H19N7O8S/c1-34(31,32)21-24-17(27)12-7-14(15(25(29)30)8-13(12)20-18(24)28)23-9-11(19-10-23)6-16(26)22-2-4-33-5-3-22/h7-10,21H,2-6H2,1H3,(H,20,28). The molecular formula is C18H19N7O8S. The summed E-state index contributed by atoms with van der Waals surface area (Å²) in [5, 5.41) is 11.5. The predicted octanol–water partition coefficient (Wildman–Crippen LogP) is -1.31. The van der Waals surface area contributed by atoms with Crippen LogP contribution in [0, 0.1) is 10.1 Å². The van der Waals surface area contributed by atoms with Gasteiger partial charge in [0, 0.05) is 25.4 Å². The molecule has 0 bridgehead atoms. The van der Waals surface area contributed by atoms with Crippen LogP contribution in [0.3, 0.4) is 0 Å². The second kappa shape index (κ2) is 8.71. The van der Waals surface area contributed by atoms with Crippen LogP contribution in [0.2, 0.25) is 0 Å². The number of H-pyrrole nitrogens is 1. The smallest absolute Gasteiger partial charge is 0.348 e. The van der Waals surface area contributed by atoms with Gasteiger partial charge < -0.3 is 14.6 Å². The Morgan fingerprint density at radius 2 is 2.00 bits per heavy atom. The van der Waals surface area contributed by atoms with E-state index in [2.05, 4.69) is 9.97 Å². The highest BCUT2D eigenvalue weighted by atomic mass is 32.2. The van der Waals surface area contributed by atoms with E-state index in [1.165, 1.54) is 17.1 Å². The number of morpholine rings is 1. The number of nitro benzene ring substituents is 1. The number of rotatable bonds is 6. The normalized spacial score (nSPS) is 14.3. The molecule has 4 rings (SSSR count). The molecule has 0 atom stereocenters. The number of nitro groups is 1. The number of hydrogen-bond acceptors (Lipinski definition) is 9. The summed E-state index contributed by atoms with van der Waals surface area (Å²) in [7, 11) is -3.97. The van der Waals surface area contributed by atoms with E-state index in [0.717, 1.165) is 18.4 Å². The highest BCUT2D eigenvalue weighted by Crippen LogP contribution is 2.26. The SMILES string of the molecule is CS(=O)(=O)Nn1c(=O)[nH]c2cc([N+](=O)[O-])c(-n3cnc(CC(=O)N4CCOCC4)c3)cc2c1=O. The van der Waals surface area contributed by atoms with Crippen LogP contribution >= 0.6 is 0 Å². The molecule has 180 valence electrons. The summed E-state index contributed by atoms with van der Waals surface area (Å²) < 4.78 is 29.8. The van der Waals surface area contributed by atoms with E-state index in [-0.39, 0.29) is 33.6 Å². The summed E-state index contributed by atoms with van der Waals surface area (Å²) in [6, 6.07) is 2.14. The highest BCUT2D eigenvalue weighted by molar-refractivity contribution is 7.91. The molecule has 1 saturated heterocycles. The number of imidazole rings is 1. The van der Waals surface area contributed by atoms with E-state index in [1.54, 1.807) is 9.73 Å². The average Bonchev–Trinajstić information content (AvgIpc) is 3.24. The van der Waals surface area contributed by atoms with Crippen LogP contribution in [-0.2, 0) is 26.0 Å². The third-order valence-electron chi connectivity index (χ3n) is 5.06. The van der Waals surface area contributed by atoms with E-state index in [4.69, 9.17) is 4.74 Å². The zero-order valence-electron chi connectivity index (χ0n) is 17.8. The second-order valence-electron chi connectivity index (χ2n) is 7.52. The van der Waals surface area contributed by atoms with Gasteiger partial charge in [-0.25, -0.2) is 23.0 Å². The number of carbonyl (C=O) groups excluding carboxylic acids is 1. The Kier molecular flexibility index (Phi) is 5.92. The van der Waals surface area contributed by atoms with Crippen LogP contribution in [0.25, 0.3) is 16.6 Å². The topological polar surface area (TPSA) is 192 Å². The number of aromatic nitrogens is 4. The maximum absolute atomic E-state index is 12.8. The molecule has 2 N–H and O–H groups in total. The summed E-state index contributed by atoms with van der Waals surface area (Å²) in [5.41, 5.74) is -2.45. The molecule has 0 aliphatic carbocycles. The van der Waals surface area contributed by atoms with Gasteiger partial charge in [-0.3, -0.25) is 24.3 Å². The van der Waals surface area contributed by atoms with E-state index in [0.29, 0.717) is 32.0 Å². The number of hydrogen-bond donors (Lipinski definition) is 2. The summed E-state index contributed by atoms with van der Waals surface area (Å²) in [6.45, 7) is 1.80. The summed E-state index contributed by atoms with van der Waals surface area (Å²) in [5.74, 6) is -0.172. The van der Waals surface area contributed by atoms with Crippen molar-refractivity contribution in [1.29, 1.82) is 0 Å². The van der Waals surface area contributed by atoms with Gasteiger partial charge in [0.05, 0.1) is 53.7 Å². The Morgan fingerprint density at radius 1 is 1.29 bits per heavy atom. The average molecular weight is 493 g/mol. The van der Waals surface area contributed by atoms with Crippen molar-refractivity contribution < 1.29 is 22.9 Å². The van der Waals surface area contributed by atoms with Gasteiger partial charge in [-0.1, -0.05) is 0 Å². The molecule has 0 saturated carbocycles. The molecule has 2 aromatic heterocycles. The van der Waals surface area contributed by atoms with Crippen LogP contribution in [0.1, 0.15) is 5.69 Å². The lowest BCUT2D eigenvalue weighted by Gasteiger charge is -2.26. The number of aromatic amines is 1. The number of ether oxygens (including phenoxy) is 1. The molecule has 1 aliphatic heterocycles. The molecule has 1 amide bonds. The molecule has 3 aromatic rings. The molecule has 1 fully saturated rings. The van der Waals surface area contributed by atoms with E-state index >= 15 is 0 Å². The lowest BCUT2D eigenvalue weighted by molar-refractivity contribution is -0.384. The Morgan fingerprint density at radius 3 is 2.65 bits per heavy atom. The predicted molar refractivity (Wildman–Crippen MR) is 118 cm³/mol. The number of nitrogens with one attached hydrogen (secondary N) is 2. The third-order valence-corrected chi connectivity index (χ3v) is 5.57. The lowest BCUT2D eigenvalue weighted by atomic mass is 10.2. The molecule has 0 radical (unpaired) electrons. The minimum absolute atomic E-state index is 0.0349. The fourth-order valence-corrected chi connectivity index (χ4v) is 4.01. The molecule has 34 heavy (non-hydrogen) atoms. The summed E-state index contributed by atoms with van der Waals surface area (Å²) in [6.07, 6.45) is 3.41. The van der Waals surface area contributed by atoms with Crippen molar-refractivity contribution >= 4 is 32.5 Å². The van der Waals surface area contributed by atoms with Crippen LogP contribution in [0.15, 0.2) is 34.2 Å². The maximum Gasteiger partial charge on any atom is 0.348 e. The minimum atomic E-state index is -3.97. The van der Waals surface area contributed by atoms with Gasteiger partial charge in [0.25, 0.3) is 11.2 Å². The lowest BCUT2D eigenvalue weighted by Crippen LogP contribution is -2.43. The van der Waals surface area contributed by atoms with Crippen LogP contribution in [-0.4, -0.2) is 75.9 Å². The van der Waals surface area contributed by atoms with Crippen molar-refractivity contribution in [1.82, 2.24) is 24.1 Å². The maximum atomic E-state index is 12.8. The van der Waals surface area contributed by atoms with Crippen molar-refractivity contribution in [2.24, 2.45) is 0 Å². The van der Waals surface area contributed by atoms with Crippen molar-refractivity contribution in [3.63, 3.8) is 0 Å². The van der Waals surface area contributed by atoms with Gasteiger partial charge in [0.15, 0.2) is 0 Å². The molecule has 16 heteroatoms. The van der Waals surface area contributed by atoms with Gasteiger partial charge in [-0.2, -0.15) is 4.68 Å². The van der Waals surface area contributed by atoms with Crippen LogP contribution in [0.4, 0.5) is 5.69 Å². The second-order valence-corrected chi connectivity index (χ2v) is 9.25. The summed E-state index contributed by atoms with van der Waals surface area (Å²) in [4.78, 5) is 58.2. The fourth-order valence-electron chi connectivity index (χ4n) is 3.51. The summed E-state index contributed by atoms with van der Waals surface area (Å²) >= 11 is 0. The first kappa shape index (κ1) is 23.1. The minimum Gasteiger partial charge on any atom is -0.378 e. The van der Waals surface area contributed by atoms with Crippen LogP contribution < -0.4 is 16.1 Å². The monoisotopic (exact) mass is 493 g/mol. The van der Waals surface area contributed by atoms with E-state index in [1.807, 2.05) is 0 Å². The van der Waals surface area contributed by atoms with Crippen molar-refractivity contribution in [2.75, 3.05) is 37.4 Å². The highest BCUT2D eigenvalue weighted by Gasteiger charge is 2.22.